The van der Waals surface area contributed by atoms with Gasteiger partial charge >= 0.3 is 5.69 Å². The Balaban J connectivity index is 1.97. The number of nitrogens with one attached hydrogen (secondary N) is 2. The number of Topliss-reactive ketones (excluding diaryl/α,β-unsaturated/α-hetero) is 1. The first-order valence-corrected chi connectivity index (χ1v) is 10.9. The van der Waals surface area contributed by atoms with Crippen LogP contribution < -0.4 is 27.6 Å². The Labute approximate surface area is 199 Å². The van der Waals surface area contributed by atoms with Gasteiger partial charge in [-0.3, -0.25) is 28.8 Å². The molecule has 0 saturated carbocycles. The molecule has 5 N–H and O–H groups in total. The largest absolute Gasteiger partial charge is 0.395 e. The number of aliphatic hydroxyl groups excluding tert-OH is 1. The van der Waals surface area contributed by atoms with Crippen LogP contribution in [-0.2, 0) is 13.1 Å². The maximum Gasteiger partial charge on any atom is 0.332 e. The quantitative estimate of drug-likeness (QED) is 0.178. The Morgan fingerprint density at radius 2 is 1.80 bits per heavy atom. The minimum atomic E-state index is -0.802. The van der Waals surface area contributed by atoms with Crippen molar-refractivity contribution >= 4 is 28.7 Å². The molecule has 12 heteroatoms. The van der Waals surface area contributed by atoms with E-state index in [9.17, 15) is 24.5 Å². The summed E-state index contributed by atoms with van der Waals surface area (Å²) in [6.07, 6.45) is 0. The van der Waals surface area contributed by atoms with E-state index in [1.807, 2.05) is 6.07 Å². The molecule has 0 spiro atoms. The molecule has 0 saturated heterocycles. The normalized spacial score (nSPS) is 10.7. The van der Waals surface area contributed by atoms with E-state index in [2.05, 4.69) is 10.6 Å². The number of nitrogens with two attached hydrogens (primary N) is 1. The highest BCUT2D eigenvalue weighted by atomic mass is 16.6. The summed E-state index contributed by atoms with van der Waals surface area (Å²) in [6, 6.07) is 13.0. The van der Waals surface area contributed by atoms with Crippen LogP contribution in [0, 0.1) is 10.1 Å². The van der Waals surface area contributed by atoms with Crippen molar-refractivity contribution in [2.75, 3.05) is 36.1 Å². The van der Waals surface area contributed by atoms with Crippen LogP contribution in [0.5, 0.6) is 0 Å². The number of nitro groups is 1. The minimum absolute atomic E-state index is 0.0422. The van der Waals surface area contributed by atoms with Gasteiger partial charge in [0.05, 0.1) is 36.0 Å². The molecular weight excluding hydrogens is 456 g/mol. The van der Waals surface area contributed by atoms with Gasteiger partial charge in [0.15, 0.2) is 5.78 Å². The summed E-state index contributed by atoms with van der Waals surface area (Å²) >= 11 is 0. The maximum absolute atomic E-state index is 13.1. The summed E-state index contributed by atoms with van der Waals surface area (Å²) < 4.78 is 2.11. The summed E-state index contributed by atoms with van der Waals surface area (Å²) in [5, 5.41) is 25.9. The van der Waals surface area contributed by atoms with Crippen LogP contribution in [0.15, 0.2) is 58.1 Å². The van der Waals surface area contributed by atoms with Gasteiger partial charge in [-0.25, -0.2) is 4.79 Å². The molecule has 0 amide bonds. The molecule has 1 heterocycles. The standard InChI is InChI=1S/C23H26N6O6/c1-2-27-22(32)20(21(24)28(23(27)33)14-15-6-4-3-5-7-15)19(31)13-26-18-12-16(29(34)35)8-9-17(18)25-10-11-30/h3-9,12,25-26,30H,2,10-11,13-14,24H2,1H3. The Bertz CT molecular complexity index is 1350. The zero-order valence-corrected chi connectivity index (χ0v) is 19.1. The molecule has 1 aromatic heterocycles. The summed E-state index contributed by atoms with van der Waals surface area (Å²) in [6.45, 7) is 1.31. The molecule has 0 fully saturated rings. The van der Waals surface area contributed by atoms with E-state index in [-0.39, 0.29) is 49.0 Å². The predicted molar refractivity (Wildman–Crippen MR) is 132 cm³/mol. The lowest BCUT2D eigenvalue weighted by Gasteiger charge is -2.17. The number of non-ortho nitro benzene ring substituents is 1. The highest BCUT2D eigenvalue weighted by Crippen LogP contribution is 2.27. The van der Waals surface area contributed by atoms with Gasteiger partial charge in [0.1, 0.15) is 11.4 Å². The van der Waals surface area contributed by atoms with E-state index in [1.165, 1.54) is 22.8 Å². The number of anilines is 3. The van der Waals surface area contributed by atoms with Crippen molar-refractivity contribution in [3.05, 3.63) is 90.6 Å². The zero-order chi connectivity index (χ0) is 25.5. The summed E-state index contributed by atoms with van der Waals surface area (Å²) in [7, 11) is 0. The maximum atomic E-state index is 13.1. The van der Waals surface area contributed by atoms with Gasteiger partial charge < -0.3 is 21.5 Å². The number of nitro benzene ring substituents is 1. The van der Waals surface area contributed by atoms with Gasteiger partial charge in [-0.05, 0) is 18.6 Å². The van der Waals surface area contributed by atoms with Crippen molar-refractivity contribution in [1.82, 2.24) is 9.13 Å². The number of nitrogen functional groups attached to an aromatic ring is 1. The molecule has 0 unspecified atom stereocenters. The van der Waals surface area contributed by atoms with Crippen LogP contribution in [0.1, 0.15) is 22.8 Å². The number of carbonyl (C=O) groups is 1. The van der Waals surface area contributed by atoms with Crippen molar-refractivity contribution in [2.45, 2.75) is 20.0 Å². The minimum Gasteiger partial charge on any atom is -0.395 e. The van der Waals surface area contributed by atoms with Gasteiger partial charge in [-0.15, -0.1) is 0 Å². The molecule has 3 aromatic rings. The lowest BCUT2D eigenvalue weighted by atomic mass is 10.1. The molecule has 184 valence electrons. The molecule has 0 aliphatic carbocycles. The first kappa shape index (κ1) is 25.2. The van der Waals surface area contributed by atoms with E-state index < -0.39 is 28.5 Å². The molecule has 3 rings (SSSR count). The van der Waals surface area contributed by atoms with Crippen LogP contribution in [0.25, 0.3) is 0 Å². The topological polar surface area (TPSA) is 175 Å². The smallest absolute Gasteiger partial charge is 0.332 e. The second kappa shape index (κ2) is 11.1. The van der Waals surface area contributed by atoms with Crippen LogP contribution in [0.2, 0.25) is 0 Å². The molecule has 2 aromatic carbocycles. The number of carbonyl (C=O) groups excluding carboxylic acids is 1. The Morgan fingerprint density at radius 3 is 2.43 bits per heavy atom. The van der Waals surface area contributed by atoms with E-state index in [4.69, 9.17) is 10.8 Å². The summed E-state index contributed by atoms with van der Waals surface area (Å²) in [4.78, 5) is 49.5. The molecule has 0 radical (unpaired) electrons. The Kier molecular flexibility index (Phi) is 8.00. The fourth-order valence-corrected chi connectivity index (χ4v) is 3.58. The molecule has 0 aliphatic rings. The Hall–Kier alpha value is -4.45. The van der Waals surface area contributed by atoms with E-state index in [0.717, 1.165) is 10.1 Å². The van der Waals surface area contributed by atoms with Gasteiger partial charge in [-0.1, -0.05) is 30.3 Å². The van der Waals surface area contributed by atoms with Crippen molar-refractivity contribution in [3.8, 4) is 0 Å². The first-order valence-electron chi connectivity index (χ1n) is 10.9. The van der Waals surface area contributed by atoms with Crippen molar-refractivity contribution in [2.24, 2.45) is 0 Å². The lowest BCUT2D eigenvalue weighted by molar-refractivity contribution is -0.384. The molecule has 35 heavy (non-hydrogen) atoms. The second-order valence-corrected chi connectivity index (χ2v) is 7.58. The van der Waals surface area contributed by atoms with Gasteiger partial charge in [0, 0.05) is 25.2 Å². The molecule has 0 bridgehead atoms. The van der Waals surface area contributed by atoms with Gasteiger partial charge in [-0.2, -0.15) is 0 Å². The molecule has 0 atom stereocenters. The SMILES string of the molecule is CCn1c(=O)c(C(=O)CNc2cc([N+](=O)[O-])ccc2NCCO)c(N)n(Cc2ccccc2)c1=O. The molecule has 0 aliphatic heterocycles. The van der Waals surface area contributed by atoms with Crippen LogP contribution in [0.4, 0.5) is 22.9 Å². The van der Waals surface area contributed by atoms with Crippen molar-refractivity contribution in [1.29, 1.82) is 0 Å². The lowest BCUT2D eigenvalue weighted by Crippen LogP contribution is -2.44. The number of rotatable bonds is 11. The summed E-state index contributed by atoms with van der Waals surface area (Å²) in [5.41, 5.74) is 5.59. The highest BCUT2D eigenvalue weighted by Gasteiger charge is 2.23. The van der Waals surface area contributed by atoms with Crippen molar-refractivity contribution in [3.63, 3.8) is 0 Å². The number of aliphatic hydroxyl groups is 1. The highest BCUT2D eigenvalue weighted by molar-refractivity contribution is 6.02. The first-order chi connectivity index (χ1) is 16.8. The zero-order valence-electron chi connectivity index (χ0n) is 19.1. The number of ketones is 1. The number of hydrogen-bond donors (Lipinski definition) is 4. The average molecular weight is 482 g/mol. The van der Waals surface area contributed by atoms with Crippen LogP contribution in [-0.4, -0.2) is 44.6 Å². The Morgan fingerprint density at radius 1 is 1.09 bits per heavy atom. The van der Waals surface area contributed by atoms with Gasteiger partial charge in [0.2, 0.25) is 0 Å². The van der Waals surface area contributed by atoms with Crippen LogP contribution in [0.3, 0.4) is 0 Å². The summed E-state index contributed by atoms with van der Waals surface area (Å²) in [5.74, 6) is -0.936. The van der Waals surface area contributed by atoms with Crippen molar-refractivity contribution < 1.29 is 14.8 Å². The van der Waals surface area contributed by atoms with Crippen LogP contribution >= 0.6 is 0 Å². The van der Waals surface area contributed by atoms with E-state index >= 15 is 0 Å². The molecular formula is C23H26N6O6. The third-order valence-electron chi connectivity index (χ3n) is 5.33. The number of hydrogen-bond acceptors (Lipinski definition) is 9. The molecule has 12 nitrogen and oxygen atoms in total. The number of aromatic nitrogens is 2. The van der Waals surface area contributed by atoms with Gasteiger partial charge in [0.25, 0.3) is 11.2 Å². The van der Waals surface area contributed by atoms with E-state index in [0.29, 0.717) is 5.69 Å². The second-order valence-electron chi connectivity index (χ2n) is 7.58. The third kappa shape index (κ3) is 5.55. The number of benzene rings is 2. The predicted octanol–water partition coefficient (Wildman–Crippen LogP) is 1.27. The van der Waals surface area contributed by atoms with E-state index in [1.54, 1.807) is 31.2 Å². The fourth-order valence-electron chi connectivity index (χ4n) is 3.58. The number of nitrogens with zero attached hydrogens (tertiary/aromatic N) is 3. The fraction of sp³-hybridized carbons (Fsp3) is 0.261. The third-order valence-corrected chi connectivity index (χ3v) is 5.33. The average Bonchev–Trinajstić information content (AvgIpc) is 2.85. The monoisotopic (exact) mass is 482 g/mol.